The Morgan fingerprint density at radius 1 is 1.11 bits per heavy atom. The van der Waals surface area contributed by atoms with Gasteiger partial charge in [0, 0.05) is 6.07 Å². The van der Waals surface area contributed by atoms with Gasteiger partial charge in [-0.3, -0.25) is 0 Å². The number of rotatable bonds is 2. The van der Waals surface area contributed by atoms with Crippen molar-refractivity contribution >= 4 is 28.7 Å². The van der Waals surface area contributed by atoms with Crippen LogP contribution in [0.25, 0.3) is 11.0 Å². The van der Waals surface area contributed by atoms with Crippen molar-refractivity contribution in [3.63, 3.8) is 0 Å². The van der Waals surface area contributed by atoms with Crippen molar-refractivity contribution in [2.24, 2.45) is 0 Å². The minimum absolute atomic E-state index is 0.0981. The van der Waals surface area contributed by atoms with E-state index in [1.807, 2.05) is 0 Å². The normalized spacial score (nSPS) is 10.6. The number of hydrogen-bond acceptors (Lipinski definition) is 5. The molecule has 0 aliphatic carbocycles. The van der Waals surface area contributed by atoms with Crippen LogP contribution in [0.2, 0.25) is 0 Å². The highest BCUT2D eigenvalue weighted by Crippen LogP contribution is 2.20. The van der Waals surface area contributed by atoms with E-state index in [9.17, 15) is 9.18 Å². The molecule has 0 aliphatic heterocycles. The van der Waals surface area contributed by atoms with Crippen molar-refractivity contribution in [1.82, 2.24) is 8.75 Å². The summed E-state index contributed by atoms with van der Waals surface area (Å²) in [5, 5.41) is 0. The first-order valence-corrected chi connectivity index (χ1v) is 6.16. The molecular weight excluding hydrogens is 267 g/mol. The summed E-state index contributed by atoms with van der Waals surface area (Å²) in [5.74, 6) is -1.03. The molecule has 0 amide bonds. The number of fused-ring (bicyclic) bond motifs is 1. The van der Waals surface area contributed by atoms with Crippen molar-refractivity contribution in [2.45, 2.75) is 0 Å². The van der Waals surface area contributed by atoms with Gasteiger partial charge >= 0.3 is 5.97 Å². The van der Waals surface area contributed by atoms with E-state index in [-0.39, 0.29) is 5.56 Å². The number of halogens is 1. The number of carbonyl (C=O) groups excluding carboxylic acids is 1. The van der Waals surface area contributed by atoms with Gasteiger partial charge in [-0.25, -0.2) is 9.18 Å². The van der Waals surface area contributed by atoms with Crippen LogP contribution in [0.1, 0.15) is 10.4 Å². The predicted octanol–water partition coefficient (Wildman–Crippen LogP) is 3.05. The number of hydrogen-bond donors (Lipinski definition) is 0. The van der Waals surface area contributed by atoms with Crippen molar-refractivity contribution < 1.29 is 13.9 Å². The molecule has 0 saturated heterocycles. The van der Waals surface area contributed by atoms with E-state index in [0.29, 0.717) is 11.3 Å². The maximum atomic E-state index is 13.4. The van der Waals surface area contributed by atoms with Crippen molar-refractivity contribution in [2.75, 3.05) is 0 Å². The zero-order valence-electron chi connectivity index (χ0n) is 9.54. The van der Waals surface area contributed by atoms with E-state index < -0.39 is 11.8 Å². The lowest BCUT2D eigenvalue weighted by molar-refractivity contribution is 0.0730. The lowest BCUT2D eigenvalue weighted by Crippen LogP contribution is -2.10. The lowest BCUT2D eigenvalue weighted by Gasteiger charge is -2.04. The molecule has 3 aromatic rings. The summed E-state index contributed by atoms with van der Waals surface area (Å²) in [7, 11) is 0. The Morgan fingerprint density at radius 3 is 2.74 bits per heavy atom. The van der Waals surface area contributed by atoms with Gasteiger partial charge in [-0.1, -0.05) is 12.1 Å². The summed E-state index contributed by atoms with van der Waals surface area (Å²) in [6.07, 6.45) is 0. The van der Waals surface area contributed by atoms with E-state index in [2.05, 4.69) is 8.75 Å². The quantitative estimate of drug-likeness (QED) is 0.532. The van der Waals surface area contributed by atoms with Gasteiger partial charge in [0.1, 0.15) is 22.6 Å². The molecule has 1 heterocycles. The van der Waals surface area contributed by atoms with Crippen LogP contribution in [0.4, 0.5) is 4.39 Å². The molecule has 0 atom stereocenters. The fraction of sp³-hybridized carbons (Fsp3) is 0. The zero-order chi connectivity index (χ0) is 13.2. The second-order valence-electron chi connectivity index (χ2n) is 3.78. The van der Waals surface area contributed by atoms with Crippen LogP contribution < -0.4 is 4.74 Å². The first-order valence-electron chi connectivity index (χ1n) is 5.43. The molecule has 0 saturated carbocycles. The summed E-state index contributed by atoms with van der Waals surface area (Å²) < 4.78 is 26.6. The lowest BCUT2D eigenvalue weighted by atomic mass is 10.2. The second kappa shape index (κ2) is 4.74. The number of nitrogens with zero attached hydrogens (tertiary/aromatic N) is 2. The summed E-state index contributed by atoms with van der Waals surface area (Å²) in [6.45, 7) is 0. The standard InChI is InChI=1S/C13H7FN2O2S/c14-10-4-2-1-3-9(10)13(17)18-8-5-6-11-12(7-8)16-19-15-11/h1-7H. The molecule has 0 unspecified atom stereocenters. The van der Waals surface area contributed by atoms with Gasteiger partial charge in [-0.05, 0) is 24.3 Å². The zero-order valence-corrected chi connectivity index (χ0v) is 10.4. The number of aromatic nitrogens is 2. The summed E-state index contributed by atoms with van der Waals surface area (Å²) in [5.41, 5.74) is 1.28. The third-order valence-electron chi connectivity index (χ3n) is 2.53. The molecule has 3 rings (SSSR count). The Morgan fingerprint density at radius 2 is 1.89 bits per heavy atom. The molecule has 0 N–H and O–H groups in total. The van der Waals surface area contributed by atoms with E-state index in [0.717, 1.165) is 17.2 Å². The molecule has 4 nitrogen and oxygen atoms in total. The number of esters is 1. The Kier molecular flexibility index (Phi) is 2.92. The van der Waals surface area contributed by atoms with Crippen LogP contribution in [-0.2, 0) is 0 Å². The van der Waals surface area contributed by atoms with Crippen LogP contribution in [0.3, 0.4) is 0 Å². The molecule has 0 aliphatic rings. The van der Waals surface area contributed by atoms with Crippen LogP contribution in [-0.4, -0.2) is 14.7 Å². The summed E-state index contributed by atoms with van der Waals surface area (Å²) in [6, 6.07) is 10.6. The van der Waals surface area contributed by atoms with E-state index in [4.69, 9.17) is 4.74 Å². The van der Waals surface area contributed by atoms with Crippen LogP contribution in [0, 0.1) is 5.82 Å². The number of ether oxygens (including phenoxy) is 1. The number of benzene rings is 2. The predicted molar refractivity (Wildman–Crippen MR) is 68.8 cm³/mol. The van der Waals surface area contributed by atoms with Crippen molar-refractivity contribution in [3.05, 3.63) is 53.8 Å². The molecule has 94 valence electrons. The molecule has 0 fully saturated rings. The van der Waals surface area contributed by atoms with Crippen LogP contribution >= 0.6 is 11.7 Å². The van der Waals surface area contributed by atoms with Gasteiger partial charge in [-0.15, -0.1) is 0 Å². The minimum Gasteiger partial charge on any atom is -0.423 e. The fourth-order valence-corrected chi connectivity index (χ4v) is 2.13. The SMILES string of the molecule is O=C(Oc1ccc2nsnc2c1)c1ccccc1F. The van der Waals surface area contributed by atoms with Gasteiger partial charge < -0.3 is 4.74 Å². The Hall–Kier alpha value is -2.34. The van der Waals surface area contributed by atoms with Crippen LogP contribution in [0.5, 0.6) is 5.75 Å². The van der Waals surface area contributed by atoms with E-state index in [1.165, 1.54) is 18.2 Å². The van der Waals surface area contributed by atoms with Gasteiger partial charge in [0.15, 0.2) is 0 Å². The Labute approximate surface area is 111 Å². The van der Waals surface area contributed by atoms with Gasteiger partial charge in [-0.2, -0.15) is 8.75 Å². The number of carbonyl (C=O) groups is 1. The van der Waals surface area contributed by atoms with E-state index in [1.54, 1.807) is 24.3 Å². The molecule has 0 bridgehead atoms. The summed E-state index contributed by atoms with van der Waals surface area (Å²) >= 11 is 1.08. The monoisotopic (exact) mass is 274 g/mol. The van der Waals surface area contributed by atoms with Crippen LogP contribution in [0.15, 0.2) is 42.5 Å². The highest BCUT2D eigenvalue weighted by atomic mass is 32.1. The van der Waals surface area contributed by atoms with Gasteiger partial charge in [0.25, 0.3) is 0 Å². The molecule has 0 radical (unpaired) electrons. The van der Waals surface area contributed by atoms with Gasteiger partial charge in [0.05, 0.1) is 17.3 Å². The molecule has 6 heteroatoms. The Bertz CT molecular complexity index is 757. The maximum absolute atomic E-state index is 13.4. The molecule has 19 heavy (non-hydrogen) atoms. The molecule has 2 aromatic carbocycles. The highest BCUT2D eigenvalue weighted by Gasteiger charge is 2.13. The van der Waals surface area contributed by atoms with Gasteiger partial charge in [0.2, 0.25) is 0 Å². The third kappa shape index (κ3) is 2.30. The molecule has 1 aromatic heterocycles. The topological polar surface area (TPSA) is 52.1 Å². The average Bonchev–Trinajstić information content (AvgIpc) is 2.86. The second-order valence-corrected chi connectivity index (χ2v) is 4.31. The Balaban J connectivity index is 1.88. The highest BCUT2D eigenvalue weighted by molar-refractivity contribution is 7.00. The minimum atomic E-state index is -0.736. The first-order chi connectivity index (χ1) is 9.24. The molecule has 0 spiro atoms. The van der Waals surface area contributed by atoms with E-state index >= 15 is 0 Å². The maximum Gasteiger partial charge on any atom is 0.346 e. The third-order valence-corrected chi connectivity index (χ3v) is 3.09. The fourth-order valence-electron chi connectivity index (χ4n) is 1.61. The molecular formula is C13H7FN2O2S. The first kappa shape index (κ1) is 11.7. The summed E-state index contributed by atoms with van der Waals surface area (Å²) in [4.78, 5) is 11.8. The van der Waals surface area contributed by atoms with Crippen molar-refractivity contribution in [3.8, 4) is 5.75 Å². The largest absolute Gasteiger partial charge is 0.423 e. The average molecular weight is 274 g/mol. The smallest absolute Gasteiger partial charge is 0.346 e. The van der Waals surface area contributed by atoms with Crippen molar-refractivity contribution in [1.29, 1.82) is 0 Å².